The third-order valence-electron chi connectivity index (χ3n) is 2.40. The van der Waals surface area contributed by atoms with Crippen LogP contribution in [0.3, 0.4) is 0 Å². The molecule has 0 bridgehead atoms. The second kappa shape index (κ2) is 5.19. The summed E-state index contributed by atoms with van der Waals surface area (Å²) in [5.74, 6) is 1.70. The first-order valence-electron chi connectivity index (χ1n) is 5.22. The molecule has 0 aliphatic heterocycles. The Bertz CT molecular complexity index is 511. The molecule has 0 amide bonds. The minimum Gasteiger partial charge on any atom is -0.497 e. The minimum atomic E-state index is 0.844. The lowest BCUT2D eigenvalue weighted by Crippen LogP contribution is -1.96. The molecule has 0 fully saturated rings. The summed E-state index contributed by atoms with van der Waals surface area (Å²) in [5.41, 5.74) is 2.08. The molecule has 0 aliphatic carbocycles. The number of anilines is 2. The number of nitrogens with zero attached hydrogens (tertiary/aromatic N) is 1. The van der Waals surface area contributed by atoms with Crippen LogP contribution in [0.1, 0.15) is 5.56 Å². The highest BCUT2D eigenvalue weighted by Gasteiger charge is 2.01. The lowest BCUT2D eigenvalue weighted by Gasteiger charge is -2.09. The third-order valence-corrected chi connectivity index (χ3v) is 2.83. The molecule has 1 heterocycles. The van der Waals surface area contributed by atoms with Crippen molar-refractivity contribution in [2.75, 3.05) is 12.4 Å². The van der Waals surface area contributed by atoms with E-state index < -0.39 is 0 Å². The second-order valence-electron chi connectivity index (χ2n) is 3.67. The molecular weight excluding hydrogens is 280 g/mol. The quantitative estimate of drug-likeness (QED) is 0.931. The van der Waals surface area contributed by atoms with Crippen molar-refractivity contribution in [3.63, 3.8) is 0 Å². The fraction of sp³-hybridized carbons (Fsp3) is 0.154. The maximum atomic E-state index is 5.11. The number of hydrogen-bond donors (Lipinski definition) is 1. The first-order chi connectivity index (χ1) is 8.19. The van der Waals surface area contributed by atoms with E-state index in [1.165, 1.54) is 0 Å². The summed E-state index contributed by atoms with van der Waals surface area (Å²) in [4.78, 5) is 4.33. The van der Waals surface area contributed by atoms with Crippen LogP contribution in [0.25, 0.3) is 0 Å². The van der Waals surface area contributed by atoms with Gasteiger partial charge in [0, 0.05) is 16.4 Å². The van der Waals surface area contributed by atoms with Gasteiger partial charge in [-0.2, -0.15) is 0 Å². The van der Waals surface area contributed by atoms with Crippen LogP contribution in [0.5, 0.6) is 5.75 Å². The third kappa shape index (κ3) is 2.97. The van der Waals surface area contributed by atoms with Crippen molar-refractivity contribution < 1.29 is 4.74 Å². The van der Waals surface area contributed by atoms with Crippen LogP contribution in [-0.2, 0) is 0 Å². The van der Waals surface area contributed by atoms with Crippen molar-refractivity contribution in [1.82, 2.24) is 4.98 Å². The van der Waals surface area contributed by atoms with E-state index in [-0.39, 0.29) is 0 Å². The molecule has 0 saturated carbocycles. The number of methoxy groups -OCH3 is 1. The largest absolute Gasteiger partial charge is 0.497 e. The SMILES string of the molecule is COc1ccc(Nc2ncc(Br)cc2C)cc1. The predicted octanol–water partition coefficient (Wildman–Crippen LogP) is 3.90. The Morgan fingerprint density at radius 1 is 1.24 bits per heavy atom. The number of nitrogens with one attached hydrogen (secondary N) is 1. The zero-order valence-corrected chi connectivity index (χ0v) is 11.3. The summed E-state index contributed by atoms with van der Waals surface area (Å²) >= 11 is 3.39. The van der Waals surface area contributed by atoms with Crippen LogP contribution in [0.2, 0.25) is 0 Å². The molecule has 0 aliphatic rings. The molecule has 1 aromatic carbocycles. The van der Waals surface area contributed by atoms with Crippen molar-refractivity contribution in [3.8, 4) is 5.75 Å². The lowest BCUT2D eigenvalue weighted by molar-refractivity contribution is 0.415. The van der Waals surface area contributed by atoms with Gasteiger partial charge in [-0.3, -0.25) is 0 Å². The minimum absolute atomic E-state index is 0.844. The zero-order valence-electron chi connectivity index (χ0n) is 9.70. The van der Waals surface area contributed by atoms with Gasteiger partial charge in [-0.05, 0) is 58.7 Å². The standard InChI is InChI=1S/C13H13BrN2O/c1-9-7-10(14)8-15-13(9)16-11-3-5-12(17-2)6-4-11/h3-8H,1-2H3,(H,15,16). The van der Waals surface area contributed by atoms with Gasteiger partial charge >= 0.3 is 0 Å². The highest BCUT2D eigenvalue weighted by molar-refractivity contribution is 9.10. The Balaban J connectivity index is 2.19. The van der Waals surface area contributed by atoms with E-state index in [1.807, 2.05) is 37.3 Å². The van der Waals surface area contributed by atoms with E-state index in [2.05, 4.69) is 26.2 Å². The molecular formula is C13H13BrN2O. The first kappa shape index (κ1) is 11.9. The molecule has 17 heavy (non-hydrogen) atoms. The van der Waals surface area contributed by atoms with Gasteiger partial charge in [0.1, 0.15) is 11.6 Å². The van der Waals surface area contributed by atoms with Gasteiger partial charge in [-0.15, -0.1) is 0 Å². The van der Waals surface area contributed by atoms with E-state index in [4.69, 9.17) is 4.74 Å². The summed E-state index contributed by atoms with van der Waals surface area (Å²) < 4.78 is 6.09. The maximum absolute atomic E-state index is 5.11. The molecule has 2 rings (SSSR count). The number of pyridine rings is 1. The monoisotopic (exact) mass is 292 g/mol. The first-order valence-corrected chi connectivity index (χ1v) is 6.01. The molecule has 0 unspecified atom stereocenters. The van der Waals surface area contributed by atoms with Crippen LogP contribution in [0.4, 0.5) is 11.5 Å². The normalized spacial score (nSPS) is 10.1. The van der Waals surface area contributed by atoms with Crippen molar-refractivity contribution in [2.45, 2.75) is 6.92 Å². The van der Waals surface area contributed by atoms with E-state index in [1.54, 1.807) is 13.3 Å². The van der Waals surface area contributed by atoms with Crippen LogP contribution in [0.15, 0.2) is 41.0 Å². The molecule has 88 valence electrons. The summed E-state index contributed by atoms with van der Waals surface area (Å²) in [6.45, 7) is 2.02. The highest BCUT2D eigenvalue weighted by atomic mass is 79.9. The summed E-state index contributed by atoms with van der Waals surface area (Å²) in [7, 11) is 1.66. The summed E-state index contributed by atoms with van der Waals surface area (Å²) in [6.07, 6.45) is 1.78. The van der Waals surface area contributed by atoms with Crippen LogP contribution < -0.4 is 10.1 Å². The number of hydrogen-bond acceptors (Lipinski definition) is 3. The molecule has 3 nitrogen and oxygen atoms in total. The molecule has 1 aromatic heterocycles. The van der Waals surface area contributed by atoms with Gasteiger partial charge in [0.05, 0.1) is 7.11 Å². The van der Waals surface area contributed by atoms with Crippen molar-refractivity contribution in [1.29, 1.82) is 0 Å². The molecule has 4 heteroatoms. The number of benzene rings is 1. The fourth-order valence-electron chi connectivity index (χ4n) is 1.48. The van der Waals surface area contributed by atoms with Crippen molar-refractivity contribution in [3.05, 3.63) is 46.6 Å². The number of aryl methyl sites for hydroxylation is 1. The summed E-state index contributed by atoms with van der Waals surface area (Å²) in [6, 6.07) is 9.77. The zero-order chi connectivity index (χ0) is 12.3. The van der Waals surface area contributed by atoms with Crippen LogP contribution in [-0.4, -0.2) is 12.1 Å². The summed E-state index contributed by atoms with van der Waals surface area (Å²) in [5, 5.41) is 3.26. The Kier molecular flexibility index (Phi) is 3.64. The lowest BCUT2D eigenvalue weighted by atomic mass is 10.2. The van der Waals surface area contributed by atoms with Crippen LogP contribution >= 0.6 is 15.9 Å². The Hall–Kier alpha value is -1.55. The Labute approximate surface area is 109 Å². The van der Waals surface area contributed by atoms with Gasteiger partial charge in [0.15, 0.2) is 0 Å². The number of halogens is 1. The van der Waals surface area contributed by atoms with Gasteiger partial charge in [0.25, 0.3) is 0 Å². The topological polar surface area (TPSA) is 34.1 Å². The number of aromatic nitrogens is 1. The molecule has 0 saturated heterocycles. The Morgan fingerprint density at radius 2 is 1.94 bits per heavy atom. The van der Waals surface area contributed by atoms with Gasteiger partial charge in [0.2, 0.25) is 0 Å². The van der Waals surface area contributed by atoms with E-state index in [0.29, 0.717) is 0 Å². The molecule has 0 spiro atoms. The molecule has 2 aromatic rings. The van der Waals surface area contributed by atoms with Crippen molar-refractivity contribution in [2.24, 2.45) is 0 Å². The average molecular weight is 293 g/mol. The smallest absolute Gasteiger partial charge is 0.133 e. The molecule has 0 atom stereocenters. The molecule has 1 N–H and O–H groups in total. The van der Waals surface area contributed by atoms with Gasteiger partial charge in [-0.1, -0.05) is 0 Å². The fourth-order valence-corrected chi connectivity index (χ4v) is 1.93. The highest BCUT2D eigenvalue weighted by Crippen LogP contribution is 2.22. The van der Waals surface area contributed by atoms with E-state index >= 15 is 0 Å². The number of ether oxygens (including phenoxy) is 1. The van der Waals surface area contributed by atoms with Gasteiger partial charge in [-0.25, -0.2) is 4.98 Å². The van der Waals surface area contributed by atoms with E-state index in [9.17, 15) is 0 Å². The van der Waals surface area contributed by atoms with Gasteiger partial charge < -0.3 is 10.1 Å². The number of rotatable bonds is 3. The second-order valence-corrected chi connectivity index (χ2v) is 4.59. The van der Waals surface area contributed by atoms with Crippen molar-refractivity contribution >= 4 is 27.4 Å². The predicted molar refractivity (Wildman–Crippen MR) is 73.0 cm³/mol. The Morgan fingerprint density at radius 3 is 2.53 bits per heavy atom. The van der Waals surface area contributed by atoms with Crippen LogP contribution in [0, 0.1) is 6.92 Å². The average Bonchev–Trinajstić information content (AvgIpc) is 2.34. The van der Waals surface area contributed by atoms with E-state index in [0.717, 1.165) is 27.3 Å². The molecule has 0 radical (unpaired) electrons. The maximum Gasteiger partial charge on any atom is 0.133 e.